The van der Waals surface area contributed by atoms with Crippen molar-refractivity contribution < 1.29 is 4.79 Å². The maximum absolute atomic E-state index is 10.3. The molecule has 0 bridgehead atoms. The van der Waals surface area contributed by atoms with Crippen LogP contribution in [0.1, 0.15) is 13.3 Å². The van der Waals surface area contributed by atoms with E-state index >= 15 is 0 Å². The molecule has 1 unspecified atom stereocenters. The molecular formula is C5H11NOS. The van der Waals surface area contributed by atoms with Crippen molar-refractivity contribution in [2.24, 2.45) is 5.73 Å². The van der Waals surface area contributed by atoms with Crippen molar-refractivity contribution in [1.82, 2.24) is 0 Å². The normalized spacial score (nSPS) is 13.4. The number of hydrogen-bond acceptors (Lipinski definition) is 3. The lowest BCUT2D eigenvalue weighted by molar-refractivity contribution is -0.117. The summed E-state index contributed by atoms with van der Waals surface area (Å²) < 4.78 is 0. The molecule has 3 heteroatoms. The van der Waals surface area contributed by atoms with Gasteiger partial charge < -0.3 is 5.73 Å². The van der Waals surface area contributed by atoms with Gasteiger partial charge in [-0.25, -0.2) is 0 Å². The monoisotopic (exact) mass is 133 g/mol. The third kappa shape index (κ3) is 4.15. The molecule has 48 valence electrons. The summed E-state index contributed by atoms with van der Waals surface area (Å²) in [4.78, 5) is 10.3. The molecule has 0 aliphatic heterocycles. The molecule has 2 N–H and O–H groups in total. The van der Waals surface area contributed by atoms with Crippen molar-refractivity contribution in [2.75, 3.05) is 5.75 Å². The van der Waals surface area contributed by atoms with Crippen molar-refractivity contribution in [3.05, 3.63) is 0 Å². The second kappa shape index (κ2) is 3.92. The second-order valence-electron chi connectivity index (χ2n) is 1.85. The van der Waals surface area contributed by atoms with Gasteiger partial charge in [-0.3, -0.25) is 4.79 Å². The van der Waals surface area contributed by atoms with Gasteiger partial charge in [0, 0.05) is 18.2 Å². The van der Waals surface area contributed by atoms with Crippen LogP contribution in [0.15, 0.2) is 0 Å². The number of thiol groups is 1. The summed E-state index contributed by atoms with van der Waals surface area (Å²) in [7, 11) is 0. The highest BCUT2D eigenvalue weighted by molar-refractivity contribution is 7.80. The average molecular weight is 133 g/mol. The predicted molar refractivity (Wildman–Crippen MR) is 37.1 cm³/mol. The Morgan fingerprint density at radius 3 is 2.50 bits per heavy atom. The zero-order valence-corrected chi connectivity index (χ0v) is 5.82. The van der Waals surface area contributed by atoms with Gasteiger partial charge in [-0.15, -0.1) is 0 Å². The molecule has 0 aromatic heterocycles. The van der Waals surface area contributed by atoms with Crippen LogP contribution >= 0.6 is 12.6 Å². The molecule has 0 aliphatic rings. The molecule has 0 fully saturated rings. The van der Waals surface area contributed by atoms with Crippen molar-refractivity contribution in [2.45, 2.75) is 19.4 Å². The van der Waals surface area contributed by atoms with Gasteiger partial charge in [0.25, 0.3) is 0 Å². The summed E-state index contributed by atoms with van der Waals surface area (Å²) in [5, 5.41) is 0. The maximum atomic E-state index is 10.3. The zero-order chi connectivity index (χ0) is 6.57. The Labute approximate surface area is 54.9 Å². The van der Waals surface area contributed by atoms with Crippen LogP contribution < -0.4 is 5.73 Å². The summed E-state index contributed by atoms with van der Waals surface area (Å²) in [6.07, 6.45) is 0.448. The van der Waals surface area contributed by atoms with Gasteiger partial charge in [-0.05, 0) is 6.92 Å². The van der Waals surface area contributed by atoms with Crippen molar-refractivity contribution in [3.63, 3.8) is 0 Å². The van der Waals surface area contributed by atoms with Crippen LogP contribution in [0.25, 0.3) is 0 Å². The van der Waals surface area contributed by atoms with Gasteiger partial charge in [0.15, 0.2) is 0 Å². The molecule has 0 radical (unpaired) electrons. The van der Waals surface area contributed by atoms with E-state index in [4.69, 9.17) is 5.73 Å². The Morgan fingerprint density at radius 1 is 1.88 bits per heavy atom. The highest BCUT2D eigenvalue weighted by atomic mass is 32.1. The lowest BCUT2D eigenvalue weighted by Gasteiger charge is -2.02. The Morgan fingerprint density at radius 2 is 2.38 bits per heavy atom. The number of ketones is 1. The maximum Gasteiger partial charge on any atom is 0.131 e. The number of Topliss-reactive ketones (excluding diaryl/α,β-unsaturated/α-hetero) is 1. The summed E-state index contributed by atoms with van der Waals surface area (Å²) >= 11 is 3.91. The molecule has 0 aliphatic carbocycles. The lowest BCUT2D eigenvalue weighted by atomic mass is 10.2. The van der Waals surface area contributed by atoms with Gasteiger partial charge in [-0.2, -0.15) is 12.6 Å². The topological polar surface area (TPSA) is 43.1 Å². The van der Waals surface area contributed by atoms with Gasteiger partial charge in [0.05, 0.1) is 0 Å². The molecule has 0 aromatic carbocycles. The highest BCUT2D eigenvalue weighted by Crippen LogP contribution is 1.90. The number of hydrogen-bond donors (Lipinski definition) is 2. The lowest BCUT2D eigenvalue weighted by Crippen LogP contribution is -2.24. The van der Waals surface area contributed by atoms with E-state index in [2.05, 4.69) is 12.6 Å². The number of carbonyl (C=O) groups excluding carboxylic acids is 1. The smallest absolute Gasteiger partial charge is 0.131 e. The zero-order valence-electron chi connectivity index (χ0n) is 4.92. The van der Waals surface area contributed by atoms with Crippen LogP contribution in [-0.4, -0.2) is 17.6 Å². The third-order valence-electron chi connectivity index (χ3n) is 0.784. The van der Waals surface area contributed by atoms with E-state index in [9.17, 15) is 4.79 Å². The Balaban J connectivity index is 3.24. The van der Waals surface area contributed by atoms with Crippen LogP contribution in [-0.2, 0) is 4.79 Å². The largest absolute Gasteiger partial charge is 0.327 e. The molecule has 0 saturated carbocycles. The molecule has 0 saturated heterocycles. The first-order valence-electron chi connectivity index (χ1n) is 2.52. The second-order valence-corrected chi connectivity index (χ2v) is 2.21. The Hall–Kier alpha value is -0.0200. The van der Waals surface area contributed by atoms with Crippen LogP contribution in [0.5, 0.6) is 0 Å². The summed E-state index contributed by atoms with van der Waals surface area (Å²) in [5.41, 5.74) is 5.38. The molecule has 0 heterocycles. The fourth-order valence-corrected chi connectivity index (χ4v) is 0.563. The molecule has 0 rings (SSSR count). The molecular weight excluding hydrogens is 122 g/mol. The van der Waals surface area contributed by atoms with E-state index in [-0.39, 0.29) is 11.8 Å². The molecule has 2 nitrogen and oxygen atoms in total. The summed E-state index contributed by atoms with van der Waals surface area (Å²) in [6, 6.07) is -0.0594. The van der Waals surface area contributed by atoms with Crippen LogP contribution in [0.3, 0.4) is 0 Å². The van der Waals surface area contributed by atoms with Gasteiger partial charge in [-0.1, -0.05) is 0 Å². The molecule has 0 aromatic rings. The summed E-state index contributed by atoms with van der Waals surface area (Å²) in [5.74, 6) is 0.714. The minimum absolute atomic E-state index is 0.0594. The van der Waals surface area contributed by atoms with Crippen molar-refractivity contribution >= 4 is 18.4 Å². The third-order valence-corrected chi connectivity index (χ3v) is 1.25. The molecule has 1 atom stereocenters. The van der Waals surface area contributed by atoms with Crippen LogP contribution in [0.4, 0.5) is 0 Å². The van der Waals surface area contributed by atoms with Crippen molar-refractivity contribution in [3.8, 4) is 0 Å². The van der Waals surface area contributed by atoms with Gasteiger partial charge in [0.1, 0.15) is 5.78 Å². The number of carbonyl (C=O) groups is 1. The van der Waals surface area contributed by atoms with Gasteiger partial charge in [0.2, 0.25) is 0 Å². The predicted octanol–water partition coefficient (Wildman–Crippen LogP) is 0.223. The SMILES string of the molecule is CC(=O)CC(N)CS. The molecule has 0 amide bonds. The standard InChI is InChI=1S/C5H11NOS/c1-4(7)2-5(6)3-8/h5,8H,2-3,6H2,1H3. The van der Waals surface area contributed by atoms with E-state index in [0.717, 1.165) is 0 Å². The van der Waals surface area contributed by atoms with E-state index in [1.807, 2.05) is 0 Å². The van der Waals surface area contributed by atoms with E-state index < -0.39 is 0 Å². The highest BCUT2D eigenvalue weighted by Gasteiger charge is 2.00. The molecule has 0 spiro atoms. The fraction of sp³-hybridized carbons (Fsp3) is 0.800. The number of rotatable bonds is 3. The molecule has 8 heavy (non-hydrogen) atoms. The van der Waals surface area contributed by atoms with Crippen LogP contribution in [0.2, 0.25) is 0 Å². The van der Waals surface area contributed by atoms with Gasteiger partial charge >= 0.3 is 0 Å². The first kappa shape index (κ1) is 7.98. The summed E-state index contributed by atoms with van der Waals surface area (Å²) in [6.45, 7) is 1.53. The fourth-order valence-electron chi connectivity index (χ4n) is 0.434. The minimum Gasteiger partial charge on any atom is -0.327 e. The first-order chi connectivity index (χ1) is 3.66. The van der Waals surface area contributed by atoms with E-state index in [1.165, 1.54) is 6.92 Å². The quantitative estimate of drug-likeness (QED) is 0.541. The van der Waals surface area contributed by atoms with Crippen LogP contribution in [0, 0.1) is 0 Å². The van der Waals surface area contributed by atoms with E-state index in [0.29, 0.717) is 12.2 Å². The van der Waals surface area contributed by atoms with Crippen molar-refractivity contribution in [1.29, 1.82) is 0 Å². The number of nitrogens with two attached hydrogens (primary N) is 1. The minimum atomic E-state index is -0.0594. The average Bonchev–Trinajstić information content (AvgIpc) is 1.65. The first-order valence-corrected chi connectivity index (χ1v) is 3.16. The Bertz CT molecular complexity index is 84.5. The van der Waals surface area contributed by atoms with E-state index in [1.54, 1.807) is 0 Å². The Kier molecular flexibility index (Phi) is 3.91.